The van der Waals surface area contributed by atoms with Crippen molar-refractivity contribution in [3.05, 3.63) is 24.3 Å². The molecule has 1 aromatic rings. The lowest BCUT2D eigenvalue weighted by atomic mass is 9.95. The Morgan fingerprint density at radius 3 is 2.24 bits per heavy atom. The molecule has 0 radical (unpaired) electrons. The van der Waals surface area contributed by atoms with Crippen molar-refractivity contribution in [2.45, 2.75) is 19.8 Å². The second kappa shape index (κ2) is 6.16. The molecule has 3 unspecified atom stereocenters. The van der Waals surface area contributed by atoms with Crippen LogP contribution in [0.3, 0.4) is 0 Å². The summed E-state index contributed by atoms with van der Waals surface area (Å²) in [4.78, 5) is 25.5. The van der Waals surface area contributed by atoms with Gasteiger partial charge < -0.3 is 15.3 Å². The zero-order valence-corrected chi connectivity index (χ0v) is 12.7. The van der Waals surface area contributed by atoms with Crippen molar-refractivity contribution in [1.82, 2.24) is 0 Å². The molecule has 2 N–H and O–H groups in total. The summed E-state index contributed by atoms with van der Waals surface area (Å²) in [6, 6.07) is 7.51. The molecule has 1 fully saturated rings. The summed E-state index contributed by atoms with van der Waals surface area (Å²) in [6.45, 7) is 2.00. The van der Waals surface area contributed by atoms with Crippen LogP contribution in [0, 0.1) is 17.8 Å². The lowest BCUT2D eigenvalue weighted by Crippen LogP contribution is -2.30. The normalized spacial score (nSPS) is 24.6. The van der Waals surface area contributed by atoms with Crippen LogP contribution in [0.15, 0.2) is 24.3 Å². The Balaban J connectivity index is 2.05. The molecule has 5 heteroatoms. The zero-order valence-electron chi connectivity index (χ0n) is 12.7. The summed E-state index contributed by atoms with van der Waals surface area (Å²) in [5.74, 6) is -1.79. The number of rotatable bonds is 4. The van der Waals surface area contributed by atoms with E-state index in [4.69, 9.17) is 0 Å². The molecule has 1 aromatic carbocycles. The van der Waals surface area contributed by atoms with Crippen LogP contribution in [0.4, 0.5) is 11.4 Å². The van der Waals surface area contributed by atoms with E-state index in [1.54, 1.807) is 0 Å². The van der Waals surface area contributed by atoms with Crippen molar-refractivity contribution >= 4 is 23.3 Å². The number of carbonyl (C=O) groups is 2. The minimum Gasteiger partial charge on any atom is -0.481 e. The van der Waals surface area contributed by atoms with E-state index in [1.807, 2.05) is 50.2 Å². The Hall–Kier alpha value is -2.04. The number of carbonyl (C=O) groups excluding carboxylic acids is 1. The number of carboxylic acids is 1. The van der Waals surface area contributed by atoms with Crippen LogP contribution < -0.4 is 10.2 Å². The first-order valence-electron chi connectivity index (χ1n) is 7.19. The van der Waals surface area contributed by atoms with Gasteiger partial charge in [0.15, 0.2) is 0 Å². The molecule has 1 saturated carbocycles. The number of nitrogens with zero attached hydrogens (tertiary/aromatic N) is 1. The smallest absolute Gasteiger partial charge is 0.307 e. The first kappa shape index (κ1) is 15.4. The van der Waals surface area contributed by atoms with Crippen LogP contribution >= 0.6 is 0 Å². The Kier molecular flexibility index (Phi) is 4.50. The molecule has 1 amide bonds. The highest BCUT2D eigenvalue weighted by molar-refractivity contribution is 5.95. The van der Waals surface area contributed by atoms with Crippen LogP contribution in [0.5, 0.6) is 0 Å². The molecular formula is C16H22N2O3. The molecule has 1 aliphatic rings. The predicted octanol–water partition coefficient (Wildman–Crippen LogP) is 2.44. The van der Waals surface area contributed by atoms with Crippen molar-refractivity contribution in [2.75, 3.05) is 24.3 Å². The molecule has 0 spiro atoms. The minimum atomic E-state index is -0.873. The molecule has 5 nitrogen and oxygen atoms in total. The highest BCUT2D eigenvalue weighted by Crippen LogP contribution is 2.37. The Morgan fingerprint density at radius 2 is 1.71 bits per heavy atom. The van der Waals surface area contributed by atoms with E-state index in [0.29, 0.717) is 18.5 Å². The van der Waals surface area contributed by atoms with E-state index in [9.17, 15) is 14.7 Å². The quantitative estimate of drug-likeness (QED) is 0.893. The third-order valence-corrected chi connectivity index (χ3v) is 4.10. The summed E-state index contributed by atoms with van der Waals surface area (Å²) in [5.41, 5.74) is 1.75. The summed E-state index contributed by atoms with van der Waals surface area (Å²) in [6.07, 6.45) is 1.21. The second-order valence-electron chi connectivity index (χ2n) is 6.06. The van der Waals surface area contributed by atoms with Gasteiger partial charge in [0.25, 0.3) is 0 Å². The third-order valence-electron chi connectivity index (χ3n) is 4.10. The highest BCUT2D eigenvalue weighted by Gasteiger charge is 2.41. The van der Waals surface area contributed by atoms with E-state index in [1.165, 1.54) is 0 Å². The lowest BCUT2D eigenvalue weighted by molar-refractivity contribution is -0.145. The van der Waals surface area contributed by atoms with Crippen LogP contribution in [-0.2, 0) is 9.59 Å². The number of amides is 1. The number of anilines is 2. The van der Waals surface area contributed by atoms with Gasteiger partial charge in [-0.3, -0.25) is 9.59 Å². The molecule has 1 aliphatic carbocycles. The van der Waals surface area contributed by atoms with E-state index in [2.05, 4.69) is 5.32 Å². The molecule has 0 aliphatic heterocycles. The molecule has 0 aromatic heterocycles. The maximum absolute atomic E-state index is 12.3. The van der Waals surface area contributed by atoms with E-state index in [0.717, 1.165) is 5.69 Å². The molecule has 3 atom stereocenters. The Labute approximate surface area is 125 Å². The summed E-state index contributed by atoms with van der Waals surface area (Å²) in [5, 5.41) is 12.1. The van der Waals surface area contributed by atoms with Gasteiger partial charge in [0.05, 0.1) is 11.8 Å². The van der Waals surface area contributed by atoms with Gasteiger partial charge in [0, 0.05) is 25.5 Å². The second-order valence-corrected chi connectivity index (χ2v) is 6.06. The Morgan fingerprint density at radius 1 is 1.14 bits per heavy atom. The standard InChI is InChI=1S/C16H22N2O3/c1-10-8-13(14(9-10)16(20)21)15(19)17-11-4-6-12(7-5-11)18(2)3/h4-7,10,13-14H,8-9H2,1-3H3,(H,17,19)(H,20,21). The van der Waals surface area contributed by atoms with E-state index >= 15 is 0 Å². The number of benzene rings is 1. The molecule has 21 heavy (non-hydrogen) atoms. The molecule has 0 bridgehead atoms. The molecule has 0 saturated heterocycles. The van der Waals surface area contributed by atoms with Gasteiger partial charge >= 0.3 is 5.97 Å². The molecule has 2 rings (SSSR count). The van der Waals surface area contributed by atoms with Crippen LogP contribution in [0.25, 0.3) is 0 Å². The van der Waals surface area contributed by atoms with Crippen LogP contribution in [0.1, 0.15) is 19.8 Å². The van der Waals surface area contributed by atoms with Crippen molar-refractivity contribution in [3.63, 3.8) is 0 Å². The zero-order chi connectivity index (χ0) is 15.6. The number of aliphatic carboxylic acids is 1. The maximum Gasteiger partial charge on any atom is 0.307 e. The fourth-order valence-electron chi connectivity index (χ4n) is 2.93. The van der Waals surface area contributed by atoms with Gasteiger partial charge in [-0.1, -0.05) is 6.92 Å². The third kappa shape index (κ3) is 3.54. The predicted molar refractivity (Wildman–Crippen MR) is 82.4 cm³/mol. The molecular weight excluding hydrogens is 268 g/mol. The fraction of sp³-hybridized carbons (Fsp3) is 0.500. The molecule has 114 valence electrons. The SMILES string of the molecule is CC1CC(C(=O)O)C(C(=O)Nc2ccc(N(C)C)cc2)C1. The van der Waals surface area contributed by atoms with Crippen molar-refractivity contribution < 1.29 is 14.7 Å². The molecule has 0 heterocycles. The summed E-state index contributed by atoms with van der Waals surface area (Å²) in [7, 11) is 3.90. The van der Waals surface area contributed by atoms with E-state index < -0.39 is 17.8 Å². The number of nitrogens with one attached hydrogen (secondary N) is 1. The van der Waals surface area contributed by atoms with Crippen LogP contribution in [-0.4, -0.2) is 31.1 Å². The monoisotopic (exact) mass is 290 g/mol. The average molecular weight is 290 g/mol. The average Bonchev–Trinajstić information content (AvgIpc) is 2.82. The van der Waals surface area contributed by atoms with Gasteiger partial charge in [0.2, 0.25) is 5.91 Å². The topological polar surface area (TPSA) is 69.6 Å². The van der Waals surface area contributed by atoms with Gasteiger partial charge in [0.1, 0.15) is 0 Å². The first-order chi connectivity index (χ1) is 9.88. The van der Waals surface area contributed by atoms with Crippen LogP contribution in [0.2, 0.25) is 0 Å². The largest absolute Gasteiger partial charge is 0.481 e. The summed E-state index contributed by atoms with van der Waals surface area (Å²) >= 11 is 0. The summed E-state index contributed by atoms with van der Waals surface area (Å²) < 4.78 is 0. The highest BCUT2D eigenvalue weighted by atomic mass is 16.4. The van der Waals surface area contributed by atoms with Gasteiger partial charge in [-0.15, -0.1) is 0 Å². The fourth-order valence-corrected chi connectivity index (χ4v) is 2.93. The van der Waals surface area contributed by atoms with Crippen molar-refractivity contribution in [1.29, 1.82) is 0 Å². The Bertz CT molecular complexity index is 525. The minimum absolute atomic E-state index is 0.190. The van der Waals surface area contributed by atoms with Crippen molar-refractivity contribution in [2.24, 2.45) is 17.8 Å². The number of hydrogen-bond donors (Lipinski definition) is 2. The lowest BCUT2D eigenvalue weighted by Gasteiger charge is -2.16. The van der Waals surface area contributed by atoms with Gasteiger partial charge in [-0.25, -0.2) is 0 Å². The van der Waals surface area contributed by atoms with Crippen molar-refractivity contribution in [3.8, 4) is 0 Å². The number of hydrogen-bond acceptors (Lipinski definition) is 3. The first-order valence-corrected chi connectivity index (χ1v) is 7.19. The van der Waals surface area contributed by atoms with Gasteiger partial charge in [-0.2, -0.15) is 0 Å². The number of carboxylic acid groups (broad SMARTS) is 1. The van der Waals surface area contributed by atoms with E-state index in [-0.39, 0.29) is 11.8 Å². The van der Waals surface area contributed by atoms with Gasteiger partial charge in [-0.05, 0) is 43.0 Å². The maximum atomic E-state index is 12.3.